The first-order valence-corrected chi connectivity index (χ1v) is 4.09. The van der Waals surface area contributed by atoms with Crippen molar-refractivity contribution in [1.29, 1.82) is 0 Å². The van der Waals surface area contributed by atoms with Gasteiger partial charge in [0.15, 0.2) is 0 Å². The minimum Gasteiger partial charge on any atom is -0.351 e. The normalized spacial score (nSPS) is 9.86. The maximum absolute atomic E-state index is 10.9. The summed E-state index contributed by atoms with van der Waals surface area (Å²) < 4.78 is 0. The number of amides is 2. The van der Waals surface area contributed by atoms with E-state index in [0.29, 0.717) is 12.3 Å². The maximum Gasteiger partial charge on any atom is 0.318 e. The van der Waals surface area contributed by atoms with Crippen molar-refractivity contribution >= 4 is 11.7 Å². The maximum atomic E-state index is 10.9. The third-order valence-corrected chi connectivity index (χ3v) is 1.88. The van der Waals surface area contributed by atoms with E-state index in [1.807, 2.05) is 12.1 Å². The fourth-order valence-corrected chi connectivity index (χ4v) is 1.08. The molecular formula is C9H13N3O2. The van der Waals surface area contributed by atoms with Crippen molar-refractivity contribution in [3.63, 3.8) is 0 Å². The Balaban J connectivity index is 2.87. The summed E-state index contributed by atoms with van der Waals surface area (Å²) in [6, 6.07) is 6.73. The van der Waals surface area contributed by atoms with Crippen molar-refractivity contribution in [2.24, 2.45) is 11.6 Å². The van der Waals surface area contributed by atoms with Gasteiger partial charge in [-0.25, -0.2) is 10.7 Å². The van der Waals surface area contributed by atoms with Gasteiger partial charge < -0.3 is 5.73 Å². The summed E-state index contributed by atoms with van der Waals surface area (Å²) in [6.45, 7) is 0.306. The predicted octanol–water partition coefficient (Wildman–Crippen LogP) is 0.592. The van der Waals surface area contributed by atoms with Gasteiger partial charge in [0, 0.05) is 12.7 Å². The lowest BCUT2D eigenvalue weighted by Gasteiger charge is -2.14. The van der Waals surface area contributed by atoms with Crippen LogP contribution in [0.4, 0.5) is 10.5 Å². The van der Waals surface area contributed by atoms with E-state index < -0.39 is 6.03 Å². The third-order valence-electron chi connectivity index (χ3n) is 1.88. The molecule has 1 aromatic carbocycles. The van der Waals surface area contributed by atoms with E-state index in [9.17, 15) is 4.79 Å². The molecule has 0 aliphatic heterocycles. The Hall–Kier alpha value is -1.59. The SMILES string of the molecule is CN(C(N)=O)c1cccc(CON)c1. The predicted molar refractivity (Wildman–Crippen MR) is 53.4 cm³/mol. The van der Waals surface area contributed by atoms with Crippen LogP contribution >= 0.6 is 0 Å². The number of carbonyl (C=O) groups excluding carboxylic acids is 1. The molecule has 0 saturated heterocycles. The molecule has 4 N–H and O–H groups in total. The minimum absolute atomic E-state index is 0.306. The van der Waals surface area contributed by atoms with Crippen molar-refractivity contribution < 1.29 is 9.63 Å². The van der Waals surface area contributed by atoms with Crippen LogP contribution in [-0.2, 0) is 11.4 Å². The van der Waals surface area contributed by atoms with Gasteiger partial charge in [-0.15, -0.1) is 0 Å². The minimum atomic E-state index is -0.504. The van der Waals surface area contributed by atoms with Crippen molar-refractivity contribution in [1.82, 2.24) is 0 Å². The molecule has 1 aromatic rings. The summed E-state index contributed by atoms with van der Waals surface area (Å²) in [5, 5.41) is 0. The van der Waals surface area contributed by atoms with Crippen molar-refractivity contribution in [3.05, 3.63) is 29.8 Å². The van der Waals surface area contributed by atoms with Crippen molar-refractivity contribution in [2.45, 2.75) is 6.61 Å². The summed E-state index contributed by atoms with van der Waals surface area (Å²) in [6.07, 6.45) is 0. The highest BCUT2D eigenvalue weighted by Gasteiger charge is 2.06. The Bertz CT molecular complexity index is 328. The zero-order valence-corrected chi connectivity index (χ0v) is 7.93. The molecule has 0 aliphatic carbocycles. The Morgan fingerprint density at radius 1 is 1.57 bits per heavy atom. The Morgan fingerprint density at radius 3 is 2.86 bits per heavy atom. The van der Waals surface area contributed by atoms with Gasteiger partial charge in [-0.05, 0) is 17.7 Å². The van der Waals surface area contributed by atoms with Crippen LogP contribution in [-0.4, -0.2) is 13.1 Å². The standard InChI is InChI=1S/C9H13N3O2/c1-12(9(10)13)8-4-2-3-7(5-8)6-14-11/h2-5H,6,11H2,1H3,(H2,10,13). The first kappa shape index (κ1) is 10.5. The summed E-state index contributed by atoms with van der Waals surface area (Å²) in [5.74, 6) is 4.94. The highest BCUT2D eigenvalue weighted by molar-refractivity contribution is 5.90. The number of rotatable bonds is 3. The zero-order chi connectivity index (χ0) is 10.6. The smallest absolute Gasteiger partial charge is 0.318 e. The van der Waals surface area contributed by atoms with E-state index in [4.69, 9.17) is 11.6 Å². The largest absolute Gasteiger partial charge is 0.351 e. The first-order chi connectivity index (χ1) is 6.65. The van der Waals surface area contributed by atoms with Crippen LogP contribution in [0.5, 0.6) is 0 Å². The molecule has 0 bridgehead atoms. The second-order valence-corrected chi connectivity index (χ2v) is 2.88. The number of hydrogen-bond acceptors (Lipinski definition) is 3. The van der Waals surface area contributed by atoms with Crippen LogP contribution in [0.25, 0.3) is 0 Å². The van der Waals surface area contributed by atoms with Crippen LogP contribution in [0.2, 0.25) is 0 Å². The molecule has 0 saturated carbocycles. The van der Waals surface area contributed by atoms with E-state index in [-0.39, 0.29) is 0 Å². The number of anilines is 1. The summed E-state index contributed by atoms with van der Waals surface area (Å²) in [4.78, 5) is 16.7. The molecule has 0 radical (unpaired) electrons. The van der Waals surface area contributed by atoms with E-state index in [2.05, 4.69) is 4.84 Å². The van der Waals surface area contributed by atoms with Gasteiger partial charge in [0.25, 0.3) is 0 Å². The van der Waals surface area contributed by atoms with Crippen LogP contribution < -0.4 is 16.5 Å². The molecule has 2 amide bonds. The van der Waals surface area contributed by atoms with Gasteiger partial charge in [0.2, 0.25) is 0 Å². The Kier molecular flexibility index (Phi) is 3.44. The second kappa shape index (κ2) is 4.59. The Labute approximate surface area is 82.2 Å². The lowest BCUT2D eigenvalue weighted by atomic mass is 10.2. The number of benzene rings is 1. The molecule has 5 nitrogen and oxygen atoms in total. The molecule has 0 heterocycles. The molecule has 0 fully saturated rings. The second-order valence-electron chi connectivity index (χ2n) is 2.88. The molecular weight excluding hydrogens is 182 g/mol. The lowest BCUT2D eigenvalue weighted by Crippen LogP contribution is -2.31. The summed E-state index contributed by atoms with van der Waals surface area (Å²) >= 11 is 0. The fraction of sp³-hybridized carbons (Fsp3) is 0.222. The molecule has 14 heavy (non-hydrogen) atoms. The molecule has 0 spiro atoms. The highest BCUT2D eigenvalue weighted by Crippen LogP contribution is 2.14. The first-order valence-electron chi connectivity index (χ1n) is 4.09. The van der Waals surface area contributed by atoms with Crippen molar-refractivity contribution in [3.8, 4) is 0 Å². The summed E-state index contributed by atoms with van der Waals surface area (Å²) in [7, 11) is 1.60. The van der Waals surface area contributed by atoms with Gasteiger partial charge in [-0.2, -0.15) is 0 Å². The van der Waals surface area contributed by atoms with Gasteiger partial charge in [0.05, 0.1) is 6.61 Å². The van der Waals surface area contributed by atoms with Gasteiger partial charge >= 0.3 is 6.03 Å². The monoisotopic (exact) mass is 195 g/mol. The number of nitrogens with two attached hydrogens (primary N) is 2. The molecule has 5 heteroatoms. The molecule has 0 aromatic heterocycles. The van der Waals surface area contributed by atoms with Crippen LogP contribution in [0.15, 0.2) is 24.3 Å². The lowest BCUT2D eigenvalue weighted by molar-refractivity contribution is 0.124. The summed E-state index contributed by atoms with van der Waals surface area (Å²) in [5.41, 5.74) is 6.73. The van der Waals surface area contributed by atoms with Gasteiger partial charge in [-0.1, -0.05) is 12.1 Å². The number of hydrogen-bond donors (Lipinski definition) is 2. The molecule has 1 rings (SSSR count). The molecule has 0 aliphatic rings. The third kappa shape index (κ3) is 2.45. The topological polar surface area (TPSA) is 81.6 Å². The van der Waals surface area contributed by atoms with Gasteiger partial charge in [-0.3, -0.25) is 9.74 Å². The van der Waals surface area contributed by atoms with E-state index in [1.54, 1.807) is 19.2 Å². The van der Waals surface area contributed by atoms with E-state index >= 15 is 0 Å². The van der Waals surface area contributed by atoms with Crippen molar-refractivity contribution in [2.75, 3.05) is 11.9 Å². The zero-order valence-electron chi connectivity index (χ0n) is 7.93. The Morgan fingerprint density at radius 2 is 2.29 bits per heavy atom. The van der Waals surface area contributed by atoms with Gasteiger partial charge in [0.1, 0.15) is 0 Å². The molecule has 0 unspecified atom stereocenters. The number of urea groups is 1. The van der Waals surface area contributed by atoms with Crippen LogP contribution in [0.1, 0.15) is 5.56 Å². The number of carbonyl (C=O) groups is 1. The van der Waals surface area contributed by atoms with Crippen LogP contribution in [0, 0.1) is 0 Å². The number of primary amides is 1. The number of nitrogens with zero attached hydrogens (tertiary/aromatic N) is 1. The van der Waals surface area contributed by atoms with E-state index in [1.165, 1.54) is 4.90 Å². The highest BCUT2D eigenvalue weighted by atomic mass is 16.6. The quantitative estimate of drug-likeness (QED) is 0.692. The molecule has 0 atom stereocenters. The van der Waals surface area contributed by atoms with Crippen LogP contribution in [0.3, 0.4) is 0 Å². The molecule has 76 valence electrons. The fourth-order valence-electron chi connectivity index (χ4n) is 1.08. The van der Waals surface area contributed by atoms with E-state index in [0.717, 1.165) is 5.56 Å². The average molecular weight is 195 g/mol. The average Bonchev–Trinajstić information content (AvgIpc) is 2.17.